The first-order valence-corrected chi connectivity index (χ1v) is 4.94. The molecule has 4 heteroatoms. The lowest BCUT2D eigenvalue weighted by Crippen LogP contribution is -2.12. The molecular formula is C9H15BrN2O. The number of rotatable bonds is 1. The van der Waals surface area contributed by atoms with Crippen LogP contribution in [0.1, 0.15) is 26.3 Å². The summed E-state index contributed by atoms with van der Waals surface area (Å²) in [5.41, 5.74) is 1.15. The molecule has 0 radical (unpaired) electrons. The van der Waals surface area contributed by atoms with E-state index in [2.05, 4.69) is 41.8 Å². The number of hydrogen-bond acceptors (Lipinski definition) is 2. The largest absolute Gasteiger partial charge is 0.481 e. The van der Waals surface area contributed by atoms with E-state index in [1.165, 1.54) is 0 Å². The Morgan fingerprint density at radius 2 is 1.92 bits per heavy atom. The van der Waals surface area contributed by atoms with Gasteiger partial charge in [-0.15, -0.1) is 0 Å². The standard InChI is InChI=1S/C9H15BrN2O/c1-9(2,3)6-7(10)11-12(4)8(6)13-5/h1-5H3. The van der Waals surface area contributed by atoms with Crippen molar-refractivity contribution in [2.75, 3.05) is 7.11 Å². The van der Waals surface area contributed by atoms with E-state index >= 15 is 0 Å². The molecule has 1 aromatic heterocycles. The van der Waals surface area contributed by atoms with Crippen LogP contribution in [0.15, 0.2) is 4.60 Å². The van der Waals surface area contributed by atoms with E-state index in [0.29, 0.717) is 0 Å². The predicted molar refractivity (Wildman–Crippen MR) is 56.2 cm³/mol. The Hall–Kier alpha value is -0.510. The first-order chi connectivity index (χ1) is 5.88. The SMILES string of the molecule is COc1c(C(C)(C)C)c(Br)nn1C. The second-order valence-corrected chi connectivity index (χ2v) is 4.80. The van der Waals surface area contributed by atoms with Gasteiger partial charge < -0.3 is 4.74 Å². The molecule has 0 aliphatic carbocycles. The van der Waals surface area contributed by atoms with Crippen molar-refractivity contribution in [2.45, 2.75) is 26.2 Å². The van der Waals surface area contributed by atoms with Crippen molar-refractivity contribution >= 4 is 15.9 Å². The van der Waals surface area contributed by atoms with Crippen molar-refractivity contribution in [1.82, 2.24) is 9.78 Å². The van der Waals surface area contributed by atoms with Crippen molar-refractivity contribution in [1.29, 1.82) is 0 Å². The maximum absolute atomic E-state index is 5.29. The number of ether oxygens (including phenoxy) is 1. The van der Waals surface area contributed by atoms with Gasteiger partial charge in [0.25, 0.3) is 0 Å². The quantitative estimate of drug-likeness (QED) is 0.762. The molecule has 0 bridgehead atoms. The van der Waals surface area contributed by atoms with E-state index in [0.717, 1.165) is 16.0 Å². The third kappa shape index (κ3) is 1.88. The van der Waals surface area contributed by atoms with Crippen LogP contribution in [0.5, 0.6) is 5.88 Å². The van der Waals surface area contributed by atoms with Gasteiger partial charge in [0, 0.05) is 7.05 Å². The number of halogens is 1. The minimum atomic E-state index is 0.0401. The van der Waals surface area contributed by atoms with Crippen LogP contribution >= 0.6 is 15.9 Å². The number of aromatic nitrogens is 2. The van der Waals surface area contributed by atoms with Gasteiger partial charge in [-0.05, 0) is 21.3 Å². The van der Waals surface area contributed by atoms with Gasteiger partial charge >= 0.3 is 0 Å². The van der Waals surface area contributed by atoms with Crippen LogP contribution in [0, 0.1) is 0 Å². The topological polar surface area (TPSA) is 27.1 Å². The summed E-state index contributed by atoms with van der Waals surface area (Å²) < 4.78 is 7.90. The molecular weight excluding hydrogens is 232 g/mol. The van der Waals surface area contributed by atoms with Crippen LogP contribution < -0.4 is 4.74 Å². The first kappa shape index (κ1) is 10.6. The number of aryl methyl sites for hydroxylation is 1. The monoisotopic (exact) mass is 246 g/mol. The van der Waals surface area contributed by atoms with Crippen LogP contribution in [-0.4, -0.2) is 16.9 Å². The lowest BCUT2D eigenvalue weighted by Gasteiger charge is -2.18. The van der Waals surface area contributed by atoms with Gasteiger partial charge in [0.1, 0.15) is 4.60 Å². The fraction of sp³-hybridized carbons (Fsp3) is 0.667. The third-order valence-electron chi connectivity index (χ3n) is 1.90. The molecule has 1 rings (SSSR count). The molecule has 13 heavy (non-hydrogen) atoms. The highest BCUT2D eigenvalue weighted by atomic mass is 79.9. The Kier molecular flexibility index (Phi) is 2.71. The molecule has 1 heterocycles. The molecule has 0 atom stereocenters. The molecule has 0 N–H and O–H groups in total. The molecule has 74 valence electrons. The molecule has 3 nitrogen and oxygen atoms in total. The second kappa shape index (κ2) is 3.33. The van der Waals surface area contributed by atoms with Gasteiger partial charge in [0.15, 0.2) is 0 Å². The molecule has 0 aliphatic rings. The van der Waals surface area contributed by atoms with Gasteiger partial charge in [-0.25, -0.2) is 4.68 Å². The number of hydrogen-bond donors (Lipinski definition) is 0. The van der Waals surface area contributed by atoms with Crippen molar-refractivity contribution in [3.8, 4) is 5.88 Å². The van der Waals surface area contributed by atoms with Gasteiger partial charge in [0.05, 0.1) is 12.7 Å². The van der Waals surface area contributed by atoms with Crippen molar-refractivity contribution in [3.05, 3.63) is 10.2 Å². The van der Waals surface area contributed by atoms with E-state index in [1.54, 1.807) is 11.8 Å². The average molecular weight is 247 g/mol. The Morgan fingerprint density at radius 1 is 1.38 bits per heavy atom. The minimum Gasteiger partial charge on any atom is -0.481 e. The molecule has 0 saturated heterocycles. The van der Waals surface area contributed by atoms with E-state index in [9.17, 15) is 0 Å². The first-order valence-electron chi connectivity index (χ1n) is 4.15. The lowest BCUT2D eigenvalue weighted by atomic mass is 9.89. The Morgan fingerprint density at radius 3 is 2.23 bits per heavy atom. The normalized spacial score (nSPS) is 11.8. The summed E-state index contributed by atoms with van der Waals surface area (Å²) in [5, 5.41) is 4.26. The molecule has 1 aromatic rings. The van der Waals surface area contributed by atoms with Gasteiger partial charge in [-0.1, -0.05) is 20.8 Å². The van der Waals surface area contributed by atoms with E-state index < -0.39 is 0 Å². The summed E-state index contributed by atoms with van der Waals surface area (Å²) in [7, 11) is 3.54. The fourth-order valence-corrected chi connectivity index (χ4v) is 2.34. The van der Waals surface area contributed by atoms with Crippen molar-refractivity contribution in [3.63, 3.8) is 0 Å². The Balaban J connectivity index is 3.34. The van der Waals surface area contributed by atoms with Crippen LogP contribution in [0.3, 0.4) is 0 Å². The molecule has 0 amide bonds. The van der Waals surface area contributed by atoms with Gasteiger partial charge in [0.2, 0.25) is 5.88 Å². The highest BCUT2D eigenvalue weighted by Gasteiger charge is 2.26. The van der Waals surface area contributed by atoms with Crippen LogP contribution in [-0.2, 0) is 12.5 Å². The van der Waals surface area contributed by atoms with E-state index in [-0.39, 0.29) is 5.41 Å². The summed E-state index contributed by atoms with van der Waals surface area (Å²) in [4.78, 5) is 0. The fourth-order valence-electron chi connectivity index (χ4n) is 1.34. The van der Waals surface area contributed by atoms with E-state index in [1.807, 2.05) is 7.05 Å². The summed E-state index contributed by atoms with van der Waals surface area (Å²) in [6.07, 6.45) is 0. The predicted octanol–water partition coefficient (Wildman–Crippen LogP) is 2.49. The van der Waals surface area contributed by atoms with Crippen molar-refractivity contribution < 1.29 is 4.74 Å². The average Bonchev–Trinajstić information content (AvgIpc) is 2.23. The molecule has 0 aliphatic heterocycles. The van der Waals surface area contributed by atoms with Crippen molar-refractivity contribution in [2.24, 2.45) is 7.05 Å². The van der Waals surface area contributed by atoms with Gasteiger partial charge in [-0.3, -0.25) is 0 Å². The Bertz CT molecular complexity index is 312. The zero-order chi connectivity index (χ0) is 10.2. The molecule has 0 aromatic carbocycles. The zero-order valence-electron chi connectivity index (χ0n) is 8.68. The summed E-state index contributed by atoms with van der Waals surface area (Å²) >= 11 is 3.43. The third-order valence-corrected chi connectivity index (χ3v) is 2.45. The minimum absolute atomic E-state index is 0.0401. The maximum Gasteiger partial charge on any atom is 0.216 e. The summed E-state index contributed by atoms with van der Waals surface area (Å²) in [6.45, 7) is 6.41. The molecule has 0 unspecified atom stereocenters. The number of methoxy groups -OCH3 is 1. The smallest absolute Gasteiger partial charge is 0.216 e. The molecule has 0 fully saturated rings. The van der Waals surface area contributed by atoms with Crippen LogP contribution in [0.4, 0.5) is 0 Å². The highest BCUT2D eigenvalue weighted by Crippen LogP contribution is 2.36. The zero-order valence-corrected chi connectivity index (χ0v) is 10.3. The van der Waals surface area contributed by atoms with Gasteiger partial charge in [-0.2, -0.15) is 5.10 Å². The van der Waals surface area contributed by atoms with Crippen LogP contribution in [0.2, 0.25) is 0 Å². The van der Waals surface area contributed by atoms with E-state index in [4.69, 9.17) is 4.74 Å². The summed E-state index contributed by atoms with van der Waals surface area (Å²) in [5.74, 6) is 0.819. The number of nitrogens with zero attached hydrogens (tertiary/aromatic N) is 2. The molecule has 0 saturated carbocycles. The maximum atomic E-state index is 5.29. The second-order valence-electron chi connectivity index (χ2n) is 4.05. The highest BCUT2D eigenvalue weighted by molar-refractivity contribution is 9.10. The summed E-state index contributed by atoms with van der Waals surface area (Å²) in [6, 6.07) is 0. The van der Waals surface area contributed by atoms with Crippen LogP contribution in [0.25, 0.3) is 0 Å². The Labute approximate surface area is 87.2 Å². The lowest BCUT2D eigenvalue weighted by molar-refractivity contribution is 0.361. The molecule has 0 spiro atoms.